The van der Waals surface area contributed by atoms with Gasteiger partial charge in [0.1, 0.15) is 11.6 Å². The fourth-order valence-corrected chi connectivity index (χ4v) is 4.74. The summed E-state index contributed by atoms with van der Waals surface area (Å²) in [4.78, 5) is 23.9. The highest BCUT2D eigenvalue weighted by molar-refractivity contribution is 5.78. The summed E-state index contributed by atoms with van der Waals surface area (Å²) in [6.45, 7) is 4.46. The molecule has 0 amide bonds. The molecule has 3 heteroatoms. The first-order chi connectivity index (χ1) is 16.6. The van der Waals surface area contributed by atoms with Crippen LogP contribution in [0.1, 0.15) is 181 Å². The Morgan fingerprint density at radius 2 is 0.794 bits per heavy atom. The van der Waals surface area contributed by atoms with Crippen molar-refractivity contribution in [1.82, 2.24) is 0 Å². The maximum Gasteiger partial charge on any atom is 0.135 e. The first-order valence-electron chi connectivity index (χ1n) is 15.3. The van der Waals surface area contributed by atoms with Crippen LogP contribution in [0.5, 0.6) is 0 Å². The zero-order chi connectivity index (χ0) is 25.1. The second-order valence-corrected chi connectivity index (χ2v) is 10.7. The van der Waals surface area contributed by atoms with E-state index >= 15 is 0 Å². The summed E-state index contributed by atoms with van der Waals surface area (Å²) in [7, 11) is 0. The molecule has 0 bridgehead atoms. The van der Waals surface area contributed by atoms with Gasteiger partial charge in [0.05, 0.1) is 6.10 Å². The number of unbranched alkanes of at least 4 members (excludes halogenated alkanes) is 18. The van der Waals surface area contributed by atoms with E-state index in [0.29, 0.717) is 18.6 Å². The van der Waals surface area contributed by atoms with Gasteiger partial charge in [-0.05, 0) is 25.7 Å². The molecule has 0 aliphatic carbocycles. The quantitative estimate of drug-likeness (QED) is 0.113. The third kappa shape index (κ3) is 25.9. The van der Waals surface area contributed by atoms with Crippen LogP contribution in [0.3, 0.4) is 0 Å². The van der Waals surface area contributed by atoms with Gasteiger partial charge in [0.15, 0.2) is 0 Å². The summed E-state index contributed by atoms with van der Waals surface area (Å²) in [6.07, 6.45) is 28.5. The lowest BCUT2D eigenvalue weighted by molar-refractivity contribution is -0.121. The third-order valence-electron chi connectivity index (χ3n) is 7.07. The normalized spacial score (nSPS) is 12.2. The molecule has 0 heterocycles. The fourth-order valence-electron chi connectivity index (χ4n) is 4.74. The highest BCUT2D eigenvalue weighted by atomic mass is 16.3. The van der Waals surface area contributed by atoms with Crippen LogP contribution in [-0.2, 0) is 9.59 Å². The third-order valence-corrected chi connectivity index (χ3v) is 7.07. The molecule has 202 valence electrons. The second-order valence-electron chi connectivity index (χ2n) is 10.7. The molecule has 0 saturated heterocycles. The smallest absolute Gasteiger partial charge is 0.135 e. The Kier molecular flexibility index (Phi) is 26.3. The van der Waals surface area contributed by atoms with Crippen molar-refractivity contribution in [2.24, 2.45) is 0 Å². The Morgan fingerprint density at radius 3 is 1.24 bits per heavy atom. The molecule has 1 unspecified atom stereocenters. The number of rotatable bonds is 28. The summed E-state index contributed by atoms with van der Waals surface area (Å²) in [5.74, 6) is 0.665. The van der Waals surface area contributed by atoms with Crippen LogP contribution in [0.15, 0.2) is 0 Å². The van der Waals surface area contributed by atoms with Gasteiger partial charge in [-0.3, -0.25) is 9.59 Å². The Morgan fingerprint density at radius 1 is 0.471 bits per heavy atom. The predicted octanol–water partition coefficient (Wildman–Crippen LogP) is 9.67. The van der Waals surface area contributed by atoms with Gasteiger partial charge in [0.2, 0.25) is 0 Å². The Hall–Kier alpha value is -0.700. The number of carbonyl (C=O) groups is 2. The van der Waals surface area contributed by atoms with Crippen LogP contribution in [0.25, 0.3) is 0 Å². The summed E-state index contributed by atoms with van der Waals surface area (Å²) in [6, 6.07) is 0. The maximum absolute atomic E-state index is 12.1. The highest BCUT2D eigenvalue weighted by Gasteiger charge is 2.10. The van der Waals surface area contributed by atoms with E-state index in [0.717, 1.165) is 64.2 Å². The number of hydrogen-bond acceptors (Lipinski definition) is 3. The van der Waals surface area contributed by atoms with Crippen LogP contribution in [0.2, 0.25) is 0 Å². The number of Topliss-reactive ketones (excluding diaryl/α,β-unsaturated/α-hetero) is 2. The largest absolute Gasteiger partial charge is 0.393 e. The zero-order valence-corrected chi connectivity index (χ0v) is 23.2. The molecule has 0 fully saturated rings. The van der Waals surface area contributed by atoms with Gasteiger partial charge in [-0.2, -0.15) is 0 Å². The molecular formula is C31H60O3. The molecule has 34 heavy (non-hydrogen) atoms. The minimum Gasteiger partial charge on any atom is -0.393 e. The molecule has 0 aromatic carbocycles. The second kappa shape index (κ2) is 26.9. The molecule has 1 N–H and O–H groups in total. The molecule has 0 rings (SSSR count). The zero-order valence-electron chi connectivity index (χ0n) is 23.2. The van der Waals surface area contributed by atoms with Crippen LogP contribution in [0, 0.1) is 0 Å². The van der Waals surface area contributed by atoms with Crippen molar-refractivity contribution in [3.8, 4) is 0 Å². The summed E-state index contributed by atoms with van der Waals surface area (Å²) in [5, 5.41) is 10.1. The summed E-state index contributed by atoms with van der Waals surface area (Å²) >= 11 is 0. The van der Waals surface area contributed by atoms with Gasteiger partial charge in [0, 0.05) is 25.7 Å². The molecule has 0 aromatic heterocycles. The van der Waals surface area contributed by atoms with Crippen LogP contribution >= 0.6 is 0 Å². The molecule has 0 aliphatic heterocycles. The minimum absolute atomic E-state index is 0.226. The Labute approximate surface area is 213 Å². The van der Waals surface area contributed by atoms with Gasteiger partial charge in [0.25, 0.3) is 0 Å². The lowest BCUT2D eigenvalue weighted by Crippen LogP contribution is -2.13. The van der Waals surface area contributed by atoms with Crippen LogP contribution in [0.4, 0.5) is 0 Å². The SMILES string of the molecule is CCCCCCCCCCCCCC(O)CC(=O)CCCCCCCCC(=O)CCCCCC. The van der Waals surface area contributed by atoms with Crippen molar-refractivity contribution in [2.45, 2.75) is 187 Å². The predicted molar refractivity (Wildman–Crippen MR) is 147 cm³/mol. The minimum atomic E-state index is -0.439. The maximum atomic E-state index is 12.1. The van der Waals surface area contributed by atoms with E-state index in [4.69, 9.17) is 0 Å². The summed E-state index contributed by atoms with van der Waals surface area (Å²) in [5.41, 5.74) is 0. The van der Waals surface area contributed by atoms with E-state index in [2.05, 4.69) is 13.8 Å². The first-order valence-corrected chi connectivity index (χ1v) is 15.3. The van der Waals surface area contributed by atoms with Crippen LogP contribution in [-0.4, -0.2) is 22.8 Å². The molecular weight excluding hydrogens is 420 g/mol. The van der Waals surface area contributed by atoms with Gasteiger partial charge in [-0.1, -0.05) is 129 Å². The van der Waals surface area contributed by atoms with E-state index in [-0.39, 0.29) is 5.78 Å². The van der Waals surface area contributed by atoms with Gasteiger partial charge >= 0.3 is 0 Å². The Bertz CT molecular complexity index is 446. The topological polar surface area (TPSA) is 54.4 Å². The highest BCUT2D eigenvalue weighted by Crippen LogP contribution is 2.15. The van der Waals surface area contributed by atoms with E-state index < -0.39 is 6.10 Å². The van der Waals surface area contributed by atoms with Crippen molar-refractivity contribution >= 4 is 11.6 Å². The average molecular weight is 481 g/mol. The lowest BCUT2D eigenvalue weighted by atomic mass is 10.00. The molecule has 0 radical (unpaired) electrons. The standard InChI is InChI=1S/C31H60O3/c1-3-5-7-9-10-11-12-13-14-18-22-26-30(33)28-31(34)27-23-19-16-15-17-21-25-29(32)24-20-8-6-4-2/h30,33H,3-28H2,1-2H3. The van der Waals surface area contributed by atoms with Crippen molar-refractivity contribution in [1.29, 1.82) is 0 Å². The molecule has 0 aliphatic rings. The molecule has 1 atom stereocenters. The summed E-state index contributed by atoms with van der Waals surface area (Å²) < 4.78 is 0. The van der Waals surface area contributed by atoms with Gasteiger partial charge < -0.3 is 5.11 Å². The number of aliphatic hydroxyl groups is 1. The number of aliphatic hydroxyl groups excluding tert-OH is 1. The lowest BCUT2D eigenvalue weighted by Gasteiger charge is -2.10. The number of ketones is 2. The van der Waals surface area contributed by atoms with E-state index in [1.807, 2.05) is 0 Å². The van der Waals surface area contributed by atoms with Crippen molar-refractivity contribution < 1.29 is 14.7 Å². The van der Waals surface area contributed by atoms with E-state index in [9.17, 15) is 14.7 Å². The van der Waals surface area contributed by atoms with Crippen molar-refractivity contribution in [3.05, 3.63) is 0 Å². The molecule has 0 aromatic rings. The molecule has 0 spiro atoms. The number of carbonyl (C=O) groups excluding carboxylic acids is 2. The Balaban J connectivity index is 3.37. The van der Waals surface area contributed by atoms with Crippen LogP contribution < -0.4 is 0 Å². The first kappa shape index (κ1) is 33.3. The fraction of sp³-hybridized carbons (Fsp3) is 0.935. The molecule has 0 saturated carbocycles. The average Bonchev–Trinajstić information content (AvgIpc) is 2.82. The number of hydrogen-bond donors (Lipinski definition) is 1. The van der Waals surface area contributed by atoms with E-state index in [1.54, 1.807) is 0 Å². The molecule has 3 nitrogen and oxygen atoms in total. The van der Waals surface area contributed by atoms with Gasteiger partial charge in [-0.15, -0.1) is 0 Å². The van der Waals surface area contributed by atoms with Crippen molar-refractivity contribution in [3.63, 3.8) is 0 Å². The van der Waals surface area contributed by atoms with E-state index in [1.165, 1.54) is 89.9 Å². The van der Waals surface area contributed by atoms with Gasteiger partial charge in [-0.25, -0.2) is 0 Å². The monoisotopic (exact) mass is 480 g/mol. The van der Waals surface area contributed by atoms with Crippen molar-refractivity contribution in [2.75, 3.05) is 0 Å².